The Labute approximate surface area is 144 Å². The molecule has 1 unspecified atom stereocenters. The van der Waals surface area contributed by atoms with E-state index < -0.39 is 11.4 Å². The molecule has 0 saturated carbocycles. The molecule has 0 aliphatic rings. The Kier molecular flexibility index (Phi) is 6.03. The van der Waals surface area contributed by atoms with Crippen molar-refractivity contribution in [2.45, 2.75) is 38.0 Å². The second-order valence-electron chi connectivity index (χ2n) is 6.11. The van der Waals surface area contributed by atoms with Gasteiger partial charge in [-0.1, -0.05) is 30.3 Å². The Morgan fingerprint density at radius 3 is 2.45 bits per heavy atom. The highest BCUT2D eigenvalue weighted by Crippen LogP contribution is 2.26. The van der Waals surface area contributed by atoms with Crippen molar-refractivity contribution in [3.63, 3.8) is 0 Å². The van der Waals surface area contributed by atoms with Crippen molar-refractivity contribution in [2.24, 2.45) is 0 Å². The van der Waals surface area contributed by atoms with Crippen LogP contribution in [-0.4, -0.2) is 14.3 Å². The van der Waals surface area contributed by atoms with Gasteiger partial charge < -0.3 is 4.55 Å². The van der Waals surface area contributed by atoms with E-state index >= 15 is 0 Å². The molecule has 2 rings (SSSR count). The van der Waals surface area contributed by atoms with Gasteiger partial charge in [-0.05, 0) is 60.8 Å². The Morgan fingerprint density at radius 1 is 1.18 bits per heavy atom. The van der Waals surface area contributed by atoms with Gasteiger partial charge in [0.15, 0.2) is 0 Å². The molecule has 0 fully saturated rings. The number of benzene rings is 1. The minimum atomic E-state index is -1.16. The molecular weight excluding hydrogens is 360 g/mol. The van der Waals surface area contributed by atoms with E-state index in [2.05, 4.69) is 37.8 Å². The number of aromatic nitrogens is 1. The molecule has 3 nitrogen and oxygen atoms in total. The fourth-order valence-electron chi connectivity index (χ4n) is 2.00. The predicted molar refractivity (Wildman–Crippen MR) is 95.9 cm³/mol. The summed E-state index contributed by atoms with van der Waals surface area (Å²) >= 11 is 2.39. The summed E-state index contributed by atoms with van der Waals surface area (Å²) in [4.78, 5) is 4.47. The van der Waals surface area contributed by atoms with E-state index in [9.17, 15) is 4.55 Å². The van der Waals surface area contributed by atoms with Gasteiger partial charge in [0.1, 0.15) is 4.75 Å². The quantitative estimate of drug-likeness (QED) is 0.791. The molecule has 1 aromatic carbocycles. The minimum absolute atomic E-state index is 0.113. The molecule has 1 N–H and O–H groups in total. The maximum atomic E-state index is 12.5. The fourth-order valence-corrected chi connectivity index (χ4v) is 3.34. The first-order valence-corrected chi connectivity index (χ1v) is 9.14. The largest absolute Gasteiger partial charge is 0.598 e. The van der Waals surface area contributed by atoms with Gasteiger partial charge in [-0.2, -0.15) is 0 Å². The first-order valence-electron chi connectivity index (χ1n) is 7.20. The lowest BCUT2D eigenvalue weighted by Crippen LogP contribution is -2.42. The van der Waals surface area contributed by atoms with E-state index in [1.54, 1.807) is 6.20 Å². The van der Waals surface area contributed by atoms with Crippen molar-refractivity contribution in [3.05, 3.63) is 64.4 Å². The summed E-state index contributed by atoms with van der Waals surface area (Å²) in [5.41, 5.74) is 2.06. The summed E-state index contributed by atoms with van der Waals surface area (Å²) in [5.74, 6) is 0. The van der Waals surface area contributed by atoms with Crippen molar-refractivity contribution in [1.82, 2.24) is 9.71 Å². The van der Waals surface area contributed by atoms with Gasteiger partial charge in [-0.25, -0.2) is 0 Å². The third kappa shape index (κ3) is 4.81. The van der Waals surface area contributed by atoms with Gasteiger partial charge in [-0.3, -0.25) is 4.98 Å². The maximum absolute atomic E-state index is 12.5. The van der Waals surface area contributed by atoms with Crippen LogP contribution in [-0.2, 0) is 17.8 Å². The SMILES string of the molecule is CC(C)(C)[S+]([O-])N[C@H](Cc1ccccc1)c1ncccc1Br. The molecule has 0 spiro atoms. The molecule has 22 heavy (non-hydrogen) atoms. The second kappa shape index (κ2) is 7.59. The van der Waals surface area contributed by atoms with E-state index in [4.69, 9.17) is 0 Å². The zero-order valence-electron chi connectivity index (χ0n) is 13.0. The molecule has 118 valence electrons. The lowest BCUT2D eigenvalue weighted by Gasteiger charge is -2.28. The van der Waals surface area contributed by atoms with Crippen molar-refractivity contribution in [2.75, 3.05) is 0 Å². The van der Waals surface area contributed by atoms with Crippen molar-refractivity contribution in [1.29, 1.82) is 0 Å². The fraction of sp³-hybridized carbons (Fsp3) is 0.353. The molecule has 2 atom stereocenters. The van der Waals surface area contributed by atoms with E-state index in [0.717, 1.165) is 16.6 Å². The molecule has 0 radical (unpaired) electrons. The molecule has 0 bridgehead atoms. The summed E-state index contributed by atoms with van der Waals surface area (Å²) in [6.07, 6.45) is 2.50. The summed E-state index contributed by atoms with van der Waals surface area (Å²) in [5, 5.41) is 0. The van der Waals surface area contributed by atoms with Crippen LogP contribution in [0.3, 0.4) is 0 Å². The average Bonchev–Trinajstić information content (AvgIpc) is 2.47. The highest BCUT2D eigenvalue weighted by atomic mass is 79.9. The van der Waals surface area contributed by atoms with Crippen LogP contribution in [0, 0.1) is 0 Å². The Bertz CT molecular complexity index is 601. The number of halogens is 1. The van der Waals surface area contributed by atoms with E-state index in [1.807, 2.05) is 51.1 Å². The van der Waals surface area contributed by atoms with Crippen molar-refractivity contribution in [3.8, 4) is 0 Å². The van der Waals surface area contributed by atoms with Crippen LogP contribution in [0.15, 0.2) is 53.1 Å². The summed E-state index contributed by atoms with van der Waals surface area (Å²) < 4.78 is 16.4. The molecule has 0 amide bonds. The summed E-state index contributed by atoms with van der Waals surface area (Å²) in [6.45, 7) is 5.88. The number of hydrogen-bond donors (Lipinski definition) is 1. The van der Waals surface area contributed by atoms with E-state index in [-0.39, 0.29) is 10.8 Å². The van der Waals surface area contributed by atoms with E-state index in [1.165, 1.54) is 5.56 Å². The zero-order valence-corrected chi connectivity index (χ0v) is 15.4. The van der Waals surface area contributed by atoms with Crippen molar-refractivity contribution >= 4 is 27.3 Å². The van der Waals surface area contributed by atoms with Gasteiger partial charge >= 0.3 is 0 Å². The highest BCUT2D eigenvalue weighted by Gasteiger charge is 2.31. The third-order valence-electron chi connectivity index (χ3n) is 3.21. The second-order valence-corrected chi connectivity index (χ2v) is 8.96. The zero-order chi connectivity index (χ0) is 16.2. The lowest BCUT2D eigenvalue weighted by atomic mass is 10.0. The van der Waals surface area contributed by atoms with Crippen LogP contribution in [0.1, 0.15) is 38.1 Å². The smallest absolute Gasteiger partial charge is 0.136 e. The number of nitrogens with one attached hydrogen (secondary N) is 1. The number of rotatable bonds is 5. The minimum Gasteiger partial charge on any atom is -0.598 e. The van der Waals surface area contributed by atoms with Crippen LogP contribution < -0.4 is 4.72 Å². The predicted octanol–water partition coefficient (Wildman–Crippen LogP) is 4.18. The van der Waals surface area contributed by atoms with Crippen LogP contribution >= 0.6 is 15.9 Å². The van der Waals surface area contributed by atoms with Gasteiger partial charge in [-0.15, -0.1) is 4.72 Å². The lowest BCUT2D eigenvalue weighted by molar-refractivity contribution is 0.518. The van der Waals surface area contributed by atoms with Crippen molar-refractivity contribution < 1.29 is 4.55 Å². The molecular formula is C17H21BrN2OS. The summed E-state index contributed by atoms with van der Waals surface area (Å²) in [7, 11) is 0. The van der Waals surface area contributed by atoms with E-state index in [0.29, 0.717) is 0 Å². The Balaban J connectivity index is 2.27. The summed E-state index contributed by atoms with van der Waals surface area (Å²) in [6, 6.07) is 13.9. The average molecular weight is 381 g/mol. The van der Waals surface area contributed by atoms with Gasteiger partial charge in [0.2, 0.25) is 0 Å². The molecule has 2 aromatic rings. The number of nitrogens with zero attached hydrogens (tertiary/aromatic N) is 1. The molecule has 1 heterocycles. The highest BCUT2D eigenvalue weighted by molar-refractivity contribution is 9.10. The number of pyridine rings is 1. The van der Waals surface area contributed by atoms with Gasteiger partial charge in [0, 0.05) is 22.0 Å². The maximum Gasteiger partial charge on any atom is 0.136 e. The Hall–Kier alpha value is -0.880. The Morgan fingerprint density at radius 2 is 1.86 bits per heavy atom. The van der Waals surface area contributed by atoms with Crippen LogP contribution in [0.25, 0.3) is 0 Å². The monoisotopic (exact) mass is 380 g/mol. The standard InChI is InChI=1S/C17H21BrN2OS/c1-17(2,3)22(21)20-15(12-13-8-5-4-6-9-13)16-14(18)10-7-11-19-16/h4-11,15,20H,12H2,1-3H3/t15-,22?/m1/s1. The molecule has 0 aliphatic heterocycles. The number of hydrogen-bond acceptors (Lipinski definition) is 3. The normalized spacial score (nSPS) is 14.6. The first kappa shape index (κ1) is 17.5. The first-order chi connectivity index (χ1) is 10.4. The van der Waals surface area contributed by atoms with Gasteiger partial charge in [0.25, 0.3) is 0 Å². The van der Waals surface area contributed by atoms with Crippen LogP contribution in [0.5, 0.6) is 0 Å². The third-order valence-corrected chi connectivity index (χ3v) is 5.49. The van der Waals surface area contributed by atoms with Gasteiger partial charge in [0.05, 0.1) is 11.7 Å². The topological polar surface area (TPSA) is 48.0 Å². The molecule has 5 heteroatoms. The van der Waals surface area contributed by atoms with Crippen LogP contribution in [0.4, 0.5) is 0 Å². The molecule has 1 aromatic heterocycles. The molecule has 0 saturated heterocycles. The van der Waals surface area contributed by atoms with Crippen LogP contribution in [0.2, 0.25) is 0 Å². The molecule has 0 aliphatic carbocycles.